The molecule has 2 aliphatic rings. The summed E-state index contributed by atoms with van der Waals surface area (Å²) in [5.41, 5.74) is 6.56. The number of carbonyl (C=O) groups excluding carboxylic acids is 3. The normalized spacial score (nSPS) is 16.7. The van der Waals surface area contributed by atoms with Crippen molar-refractivity contribution >= 4 is 45.9 Å². The van der Waals surface area contributed by atoms with Crippen LogP contribution in [0.3, 0.4) is 0 Å². The van der Waals surface area contributed by atoms with Gasteiger partial charge in [0, 0.05) is 41.8 Å². The van der Waals surface area contributed by atoms with Gasteiger partial charge >= 0.3 is 0 Å². The van der Waals surface area contributed by atoms with E-state index in [-0.39, 0.29) is 23.9 Å². The van der Waals surface area contributed by atoms with Crippen LogP contribution in [0.2, 0.25) is 5.02 Å². The summed E-state index contributed by atoms with van der Waals surface area (Å²) in [6.45, 7) is 3.59. The molecule has 1 spiro atoms. The lowest BCUT2D eigenvalue weighted by atomic mass is 9.73. The number of carbonyl (C=O) groups is 3. The quantitative estimate of drug-likeness (QED) is 0.400. The highest BCUT2D eigenvalue weighted by Gasteiger charge is 2.53. The average molecular weight is 570 g/mol. The Balaban J connectivity index is 1.55. The molecule has 1 fully saturated rings. The monoisotopic (exact) mass is 569 g/mol. The van der Waals surface area contributed by atoms with Crippen LogP contribution in [0.5, 0.6) is 0 Å². The molecule has 3 N–H and O–H groups in total. The third kappa shape index (κ3) is 4.62. The molecule has 0 bridgehead atoms. The van der Waals surface area contributed by atoms with Gasteiger partial charge in [0.1, 0.15) is 5.60 Å². The molecular weight excluding hydrogens is 537 g/mol. The maximum atomic E-state index is 14.3. The van der Waals surface area contributed by atoms with Gasteiger partial charge in [-0.15, -0.1) is 0 Å². The molecule has 0 aliphatic carbocycles. The van der Waals surface area contributed by atoms with Gasteiger partial charge in [-0.3, -0.25) is 23.8 Å². The zero-order chi connectivity index (χ0) is 28.8. The van der Waals surface area contributed by atoms with Crippen LogP contribution in [0.15, 0.2) is 36.7 Å². The number of amides is 3. The summed E-state index contributed by atoms with van der Waals surface area (Å²) < 4.78 is 14.9. The molecule has 0 unspecified atom stereocenters. The SMILES string of the molecule is CC(C)(O)C(=O)N1CCC2(CC1)C(=O)N(Cc1c(C(N)=O)c3cc(Cl)ccc3n1CCCCF)c1cnccc12. The Bertz CT molecular complexity index is 1490. The lowest BCUT2D eigenvalue weighted by Gasteiger charge is -2.40. The zero-order valence-electron chi connectivity index (χ0n) is 22.6. The Morgan fingerprint density at radius 3 is 2.58 bits per heavy atom. The molecule has 2 aliphatic heterocycles. The van der Waals surface area contributed by atoms with E-state index < -0.39 is 23.6 Å². The molecule has 5 rings (SSSR count). The number of aliphatic hydroxyl groups is 1. The molecule has 4 heterocycles. The van der Waals surface area contributed by atoms with E-state index in [0.717, 1.165) is 11.1 Å². The van der Waals surface area contributed by atoms with Crippen LogP contribution in [0.25, 0.3) is 10.9 Å². The molecule has 9 nitrogen and oxygen atoms in total. The van der Waals surface area contributed by atoms with Crippen molar-refractivity contribution in [1.29, 1.82) is 0 Å². The number of unbranched alkanes of at least 4 members (excludes halogenated alkanes) is 1. The standard InChI is InChI=1S/C29H33ClFN5O4/c1-28(2,40)26(38)34-13-8-29(9-14-34)20-7-11-33-16-22(20)36(27(29)39)17-23-24(25(32)37)19-15-18(30)5-6-21(19)35(23)12-4-3-10-31/h5-7,11,15-16,40H,3-4,8-10,12-14,17H2,1-2H3,(H2,32,37). The molecule has 0 radical (unpaired) electrons. The van der Waals surface area contributed by atoms with Crippen LogP contribution in [-0.2, 0) is 28.1 Å². The molecule has 3 amide bonds. The number of rotatable bonds is 8. The van der Waals surface area contributed by atoms with Crippen molar-refractivity contribution in [2.75, 3.05) is 24.7 Å². The van der Waals surface area contributed by atoms with Gasteiger partial charge in [-0.25, -0.2) is 0 Å². The van der Waals surface area contributed by atoms with Crippen molar-refractivity contribution in [2.24, 2.45) is 5.73 Å². The van der Waals surface area contributed by atoms with E-state index in [1.165, 1.54) is 13.8 Å². The second-order valence-electron chi connectivity index (χ2n) is 11.1. The Morgan fingerprint density at radius 2 is 1.93 bits per heavy atom. The fraction of sp³-hybridized carbons (Fsp3) is 0.448. The second kappa shape index (κ2) is 10.5. The summed E-state index contributed by atoms with van der Waals surface area (Å²) >= 11 is 6.28. The molecular formula is C29H33ClFN5O4. The number of likely N-dealkylation sites (tertiary alicyclic amines) is 1. The molecule has 2 aromatic heterocycles. The van der Waals surface area contributed by atoms with Crippen LogP contribution in [0.4, 0.5) is 10.1 Å². The first-order valence-corrected chi connectivity index (χ1v) is 13.8. The first-order valence-electron chi connectivity index (χ1n) is 13.4. The summed E-state index contributed by atoms with van der Waals surface area (Å²) in [5.74, 6) is -1.15. The number of aryl methyl sites for hydroxylation is 1. The molecule has 212 valence electrons. The van der Waals surface area contributed by atoms with Crippen molar-refractivity contribution in [3.05, 3.63) is 58.5 Å². The second-order valence-corrected chi connectivity index (χ2v) is 11.5. The van der Waals surface area contributed by atoms with Gasteiger partial charge in [0.2, 0.25) is 5.91 Å². The van der Waals surface area contributed by atoms with Crippen molar-refractivity contribution in [3.8, 4) is 0 Å². The van der Waals surface area contributed by atoms with E-state index in [9.17, 15) is 23.9 Å². The fourth-order valence-corrected chi connectivity index (χ4v) is 6.37. The molecule has 3 aromatic rings. The third-order valence-corrected chi connectivity index (χ3v) is 8.38. The van der Waals surface area contributed by atoms with Crippen molar-refractivity contribution in [1.82, 2.24) is 14.5 Å². The van der Waals surface area contributed by atoms with Crippen molar-refractivity contribution < 1.29 is 23.9 Å². The van der Waals surface area contributed by atoms with Crippen LogP contribution in [0, 0.1) is 0 Å². The maximum absolute atomic E-state index is 14.3. The highest BCUT2D eigenvalue weighted by atomic mass is 35.5. The maximum Gasteiger partial charge on any atom is 0.253 e. The van der Waals surface area contributed by atoms with Crippen LogP contribution >= 0.6 is 11.6 Å². The summed E-state index contributed by atoms with van der Waals surface area (Å²) in [5, 5.41) is 11.2. The highest BCUT2D eigenvalue weighted by molar-refractivity contribution is 6.31. The van der Waals surface area contributed by atoms with Crippen molar-refractivity contribution in [2.45, 2.75) is 63.6 Å². The largest absolute Gasteiger partial charge is 0.381 e. The minimum Gasteiger partial charge on any atom is -0.381 e. The number of alkyl halides is 1. The lowest BCUT2D eigenvalue weighted by Crippen LogP contribution is -2.54. The topological polar surface area (TPSA) is 122 Å². The molecule has 0 saturated carbocycles. The smallest absolute Gasteiger partial charge is 0.253 e. The van der Waals surface area contributed by atoms with Gasteiger partial charge in [-0.1, -0.05) is 11.6 Å². The van der Waals surface area contributed by atoms with Crippen LogP contribution in [0.1, 0.15) is 61.1 Å². The summed E-state index contributed by atoms with van der Waals surface area (Å²) in [6.07, 6.45) is 4.97. The average Bonchev–Trinajstić information content (AvgIpc) is 3.33. The number of piperidine rings is 1. The van der Waals surface area contributed by atoms with Gasteiger partial charge < -0.3 is 25.2 Å². The Labute approximate surface area is 236 Å². The van der Waals surface area contributed by atoms with Crippen molar-refractivity contribution in [3.63, 3.8) is 0 Å². The van der Waals surface area contributed by atoms with Gasteiger partial charge in [0.15, 0.2) is 0 Å². The number of hydrogen-bond donors (Lipinski definition) is 2. The van der Waals surface area contributed by atoms with E-state index in [0.29, 0.717) is 67.1 Å². The number of anilines is 1. The number of aromatic nitrogens is 2. The molecule has 11 heteroatoms. The molecule has 40 heavy (non-hydrogen) atoms. The zero-order valence-corrected chi connectivity index (χ0v) is 23.4. The summed E-state index contributed by atoms with van der Waals surface area (Å²) in [6, 6.07) is 7.06. The minimum atomic E-state index is -1.50. The molecule has 1 aromatic carbocycles. The molecule has 1 saturated heterocycles. The Morgan fingerprint density at radius 1 is 1.20 bits per heavy atom. The Hall–Kier alpha value is -3.50. The van der Waals surface area contributed by atoms with E-state index in [1.807, 2.05) is 10.6 Å². The molecule has 0 atom stereocenters. The van der Waals surface area contributed by atoms with E-state index in [2.05, 4.69) is 4.98 Å². The van der Waals surface area contributed by atoms with E-state index >= 15 is 0 Å². The summed E-state index contributed by atoms with van der Waals surface area (Å²) in [7, 11) is 0. The summed E-state index contributed by atoms with van der Waals surface area (Å²) in [4.78, 5) is 47.3. The van der Waals surface area contributed by atoms with Gasteiger partial charge in [0.05, 0.1) is 41.8 Å². The van der Waals surface area contributed by atoms with Gasteiger partial charge in [-0.2, -0.15) is 0 Å². The number of pyridine rings is 1. The predicted molar refractivity (Wildman–Crippen MR) is 150 cm³/mol. The predicted octanol–water partition coefficient (Wildman–Crippen LogP) is 3.72. The number of primary amides is 1. The number of halogens is 2. The number of fused-ring (bicyclic) bond motifs is 3. The van der Waals surface area contributed by atoms with Gasteiger partial charge in [-0.05, 0) is 69.4 Å². The Kier molecular flexibility index (Phi) is 7.35. The minimum absolute atomic E-state index is 0.0613. The van der Waals surface area contributed by atoms with Crippen LogP contribution < -0.4 is 10.6 Å². The fourth-order valence-electron chi connectivity index (χ4n) is 6.20. The number of nitrogens with two attached hydrogens (primary N) is 1. The van der Waals surface area contributed by atoms with E-state index in [4.69, 9.17) is 17.3 Å². The first kappa shape index (κ1) is 28.0. The lowest BCUT2D eigenvalue weighted by molar-refractivity contribution is -0.150. The highest BCUT2D eigenvalue weighted by Crippen LogP contribution is 2.48. The number of hydrogen-bond acceptors (Lipinski definition) is 5. The number of benzene rings is 1. The first-order chi connectivity index (χ1) is 19.0. The third-order valence-electron chi connectivity index (χ3n) is 8.14. The van der Waals surface area contributed by atoms with E-state index in [1.54, 1.807) is 40.4 Å². The van der Waals surface area contributed by atoms with Gasteiger partial charge in [0.25, 0.3) is 11.8 Å². The van der Waals surface area contributed by atoms with Crippen LogP contribution in [-0.4, -0.2) is 62.6 Å². The number of nitrogens with zero attached hydrogens (tertiary/aromatic N) is 4.